The molecule has 1 amide bonds. The second-order valence-corrected chi connectivity index (χ2v) is 9.84. The molecule has 0 saturated heterocycles. The Morgan fingerprint density at radius 1 is 1.37 bits per heavy atom. The monoisotopic (exact) mass is 483 g/mol. The topological polar surface area (TPSA) is 86.1 Å². The summed E-state index contributed by atoms with van der Waals surface area (Å²) < 4.78 is 19.9. The van der Waals surface area contributed by atoms with Crippen molar-refractivity contribution in [3.63, 3.8) is 0 Å². The molecule has 8 heteroatoms. The van der Waals surface area contributed by atoms with Crippen molar-refractivity contribution in [3.05, 3.63) is 59.0 Å². The van der Waals surface area contributed by atoms with Crippen LogP contribution in [0.4, 0.5) is 4.39 Å². The van der Waals surface area contributed by atoms with E-state index in [-0.39, 0.29) is 41.8 Å². The van der Waals surface area contributed by atoms with Crippen LogP contribution < -0.4 is 4.74 Å². The third-order valence-corrected chi connectivity index (χ3v) is 5.87. The molecular weight excluding hydrogens is 449 g/mol. The van der Waals surface area contributed by atoms with Crippen molar-refractivity contribution in [3.8, 4) is 17.7 Å². The summed E-state index contributed by atoms with van der Waals surface area (Å²) in [6, 6.07) is 7.71. The van der Waals surface area contributed by atoms with E-state index in [0.29, 0.717) is 25.2 Å². The third-order valence-electron chi connectivity index (χ3n) is 5.87. The lowest BCUT2D eigenvalue weighted by Gasteiger charge is -2.37. The van der Waals surface area contributed by atoms with Gasteiger partial charge in [-0.2, -0.15) is 0 Å². The largest absolute Gasteiger partial charge is 0.472 e. The molecule has 1 aromatic carbocycles. The molecule has 3 rings (SSSR count). The predicted molar refractivity (Wildman–Crippen MR) is 131 cm³/mol. The molecule has 7 nitrogen and oxygen atoms in total. The first kappa shape index (κ1) is 26.6. The number of rotatable bonds is 6. The second kappa shape index (κ2) is 11.2. The summed E-state index contributed by atoms with van der Waals surface area (Å²) in [6.07, 6.45) is 1.21. The summed E-state index contributed by atoms with van der Waals surface area (Å²) in [7, 11) is 1.93. The van der Waals surface area contributed by atoms with Crippen LogP contribution >= 0.6 is 0 Å². The Hall–Kier alpha value is -2.99. The van der Waals surface area contributed by atoms with Gasteiger partial charge in [-0.1, -0.05) is 30.9 Å². The number of carbonyl (C=O) groups is 1. The van der Waals surface area contributed by atoms with Gasteiger partial charge in [0, 0.05) is 37.3 Å². The van der Waals surface area contributed by atoms with E-state index in [1.165, 1.54) is 18.3 Å². The van der Waals surface area contributed by atoms with Crippen molar-refractivity contribution in [2.45, 2.75) is 52.0 Å². The Labute approximate surface area is 206 Å². The number of hydrogen-bond acceptors (Lipinski definition) is 6. The number of pyridine rings is 1. The maximum absolute atomic E-state index is 13.6. The molecule has 1 aliphatic rings. The maximum atomic E-state index is 13.6. The highest BCUT2D eigenvalue weighted by Crippen LogP contribution is 2.27. The average Bonchev–Trinajstić information content (AvgIpc) is 2.79. The van der Waals surface area contributed by atoms with E-state index in [1.54, 1.807) is 37.8 Å². The van der Waals surface area contributed by atoms with Crippen molar-refractivity contribution in [2.75, 3.05) is 26.7 Å². The van der Waals surface area contributed by atoms with Crippen LogP contribution in [0.15, 0.2) is 36.5 Å². The zero-order valence-corrected chi connectivity index (χ0v) is 21.0. The van der Waals surface area contributed by atoms with Gasteiger partial charge in [0.15, 0.2) is 0 Å². The molecule has 1 aromatic heterocycles. The fraction of sp³-hybridized carbons (Fsp3) is 0.481. The molecule has 2 aromatic rings. The molecule has 1 aliphatic heterocycles. The molecule has 0 saturated carbocycles. The first-order valence-corrected chi connectivity index (χ1v) is 11.7. The number of hydrogen-bond donors (Lipinski definition) is 2. The van der Waals surface area contributed by atoms with Crippen molar-refractivity contribution in [1.29, 1.82) is 0 Å². The molecule has 35 heavy (non-hydrogen) atoms. The number of carbonyl (C=O) groups excluding carboxylic acids is 1. The first-order valence-electron chi connectivity index (χ1n) is 11.7. The highest BCUT2D eigenvalue weighted by Gasteiger charge is 2.34. The number of aliphatic hydroxyl groups is 2. The predicted octanol–water partition coefficient (Wildman–Crippen LogP) is 2.70. The van der Waals surface area contributed by atoms with E-state index in [4.69, 9.17) is 4.74 Å². The van der Waals surface area contributed by atoms with Gasteiger partial charge >= 0.3 is 0 Å². The molecule has 0 aliphatic carbocycles. The van der Waals surface area contributed by atoms with Crippen molar-refractivity contribution >= 4 is 5.91 Å². The van der Waals surface area contributed by atoms with Crippen LogP contribution in [0.5, 0.6) is 5.88 Å². The van der Waals surface area contributed by atoms with E-state index >= 15 is 0 Å². The van der Waals surface area contributed by atoms with Crippen LogP contribution in [0.2, 0.25) is 0 Å². The van der Waals surface area contributed by atoms with E-state index in [1.807, 2.05) is 24.9 Å². The lowest BCUT2D eigenvalue weighted by molar-refractivity contribution is 0.0325. The molecular formula is C27H34FN3O4. The van der Waals surface area contributed by atoms with E-state index < -0.39 is 11.6 Å². The fourth-order valence-electron chi connectivity index (χ4n) is 3.93. The van der Waals surface area contributed by atoms with E-state index in [9.17, 15) is 19.4 Å². The Bertz CT molecular complexity index is 1110. The molecule has 0 unspecified atom stereocenters. The lowest BCUT2D eigenvalue weighted by atomic mass is 9.99. The summed E-state index contributed by atoms with van der Waals surface area (Å²) >= 11 is 0. The first-order chi connectivity index (χ1) is 16.5. The molecule has 0 spiro atoms. The van der Waals surface area contributed by atoms with E-state index in [0.717, 1.165) is 5.56 Å². The van der Waals surface area contributed by atoms with Crippen molar-refractivity contribution in [2.24, 2.45) is 5.92 Å². The normalized spacial score (nSPS) is 19.2. The number of likely N-dealkylation sites (N-methyl/N-ethyl adjacent to an activating group) is 1. The molecule has 0 fully saturated rings. The molecule has 2 N–H and O–H groups in total. The summed E-state index contributed by atoms with van der Waals surface area (Å²) in [6.45, 7) is 8.21. The van der Waals surface area contributed by atoms with Crippen LogP contribution in [0, 0.1) is 23.6 Å². The number of benzene rings is 1. The number of aromatic nitrogens is 1. The number of halogens is 1. The fourth-order valence-corrected chi connectivity index (χ4v) is 3.93. The van der Waals surface area contributed by atoms with Gasteiger partial charge in [-0.05, 0) is 51.6 Å². The second-order valence-electron chi connectivity index (χ2n) is 9.84. The van der Waals surface area contributed by atoms with E-state index in [2.05, 4.69) is 16.8 Å². The third kappa shape index (κ3) is 7.25. The number of ether oxygens (including phenoxy) is 1. The van der Waals surface area contributed by atoms with Crippen LogP contribution in [0.25, 0.3) is 0 Å². The number of aliphatic hydroxyl groups excluding tert-OH is 1. The minimum absolute atomic E-state index is 0.0625. The Kier molecular flexibility index (Phi) is 8.49. The summed E-state index contributed by atoms with van der Waals surface area (Å²) in [4.78, 5) is 21.5. The van der Waals surface area contributed by atoms with Gasteiger partial charge in [0.1, 0.15) is 23.1 Å². The highest BCUT2D eigenvalue weighted by molar-refractivity contribution is 5.97. The maximum Gasteiger partial charge on any atom is 0.259 e. The Morgan fingerprint density at radius 3 is 2.77 bits per heavy atom. The quantitative estimate of drug-likeness (QED) is 0.615. The Morgan fingerprint density at radius 2 is 2.11 bits per heavy atom. The van der Waals surface area contributed by atoms with Crippen LogP contribution in [-0.2, 0) is 6.54 Å². The highest BCUT2D eigenvalue weighted by atomic mass is 19.1. The number of nitrogens with zero attached hydrogens (tertiary/aromatic N) is 3. The summed E-state index contributed by atoms with van der Waals surface area (Å²) in [5.74, 6) is 5.16. The lowest BCUT2D eigenvalue weighted by Crippen LogP contribution is -2.49. The van der Waals surface area contributed by atoms with Crippen molar-refractivity contribution < 1.29 is 24.1 Å². The minimum Gasteiger partial charge on any atom is -0.472 e. The summed E-state index contributed by atoms with van der Waals surface area (Å²) in [5, 5.41) is 19.7. The van der Waals surface area contributed by atoms with Gasteiger partial charge in [-0.3, -0.25) is 9.69 Å². The molecule has 2 heterocycles. The molecule has 0 radical (unpaired) electrons. The van der Waals surface area contributed by atoms with Crippen LogP contribution in [0.3, 0.4) is 0 Å². The number of amides is 1. The van der Waals surface area contributed by atoms with Crippen LogP contribution in [0.1, 0.15) is 49.2 Å². The van der Waals surface area contributed by atoms with Crippen LogP contribution in [-0.4, -0.2) is 75.4 Å². The van der Waals surface area contributed by atoms with Gasteiger partial charge in [0.2, 0.25) is 5.88 Å². The van der Waals surface area contributed by atoms with Gasteiger partial charge < -0.3 is 19.8 Å². The molecule has 3 atom stereocenters. The van der Waals surface area contributed by atoms with Gasteiger partial charge in [0.05, 0.1) is 12.6 Å². The molecule has 188 valence electrons. The number of fused-ring (bicyclic) bond motifs is 1. The SMILES string of the molecule is C[C@H]1CN([C@@H](C)CO)C(=O)c2cc(C#CC(C)(C)O)cnc2O[C@@H]1CN(C)Cc1cccc(F)c1. The zero-order valence-electron chi connectivity index (χ0n) is 21.0. The van der Waals surface area contributed by atoms with Crippen molar-refractivity contribution in [1.82, 2.24) is 14.8 Å². The standard InChI is InChI=1S/C27H34FN3O4/c1-18-14-31(19(2)17-32)26(33)23-12-20(9-10-27(3,4)34)13-29-25(23)35-24(18)16-30(5)15-21-7-6-8-22(28)11-21/h6-8,11-13,18-19,24,32,34H,14-17H2,1-5H3/t18-,19-,24+/m0/s1. The average molecular weight is 484 g/mol. The van der Waals surface area contributed by atoms with Gasteiger partial charge in [0.25, 0.3) is 5.91 Å². The van der Waals surface area contributed by atoms with Gasteiger partial charge in [-0.25, -0.2) is 9.37 Å². The minimum atomic E-state index is -1.19. The zero-order chi connectivity index (χ0) is 25.8. The summed E-state index contributed by atoms with van der Waals surface area (Å²) in [5.41, 5.74) is 0.408. The molecule has 0 bridgehead atoms. The smallest absolute Gasteiger partial charge is 0.259 e. The Balaban J connectivity index is 1.92. The van der Waals surface area contributed by atoms with Gasteiger partial charge in [-0.15, -0.1) is 0 Å².